The number of aliphatic hydroxyl groups excluding tert-OH is 1. The Labute approximate surface area is 101 Å². The fourth-order valence-electron chi connectivity index (χ4n) is 1.81. The van der Waals surface area contributed by atoms with Crippen LogP contribution in [0.1, 0.15) is 25.6 Å². The van der Waals surface area contributed by atoms with Crippen LogP contribution in [0.4, 0.5) is 0 Å². The first-order valence-corrected chi connectivity index (χ1v) is 5.53. The number of imidazole rings is 1. The standard InChI is InChI=1S/C10H14N4O4/c1-3-4-5-11-6-7(12-5)14(10(17)18)9(16)13(2)8(6)15/h10,17-18H,3-4H2,1-2H3,(H,11,12). The average Bonchev–Trinajstić information content (AvgIpc) is 2.70. The van der Waals surface area contributed by atoms with Crippen LogP contribution in [-0.4, -0.2) is 29.3 Å². The molecule has 0 bridgehead atoms. The van der Waals surface area contributed by atoms with Gasteiger partial charge in [-0.15, -0.1) is 0 Å². The molecule has 0 radical (unpaired) electrons. The third-order valence-corrected chi connectivity index (χ3v) is 2.69. The van der Waals surface area contributed by atoms with Gasteiger partial charge < -0.3 is 15.2 Å². The number of aliphatic hydroxyl groups is 2. The summed E-state index contributed by atoms with van der Waals surface area (Å²) in [5.74, 6) is 0.532. The second-order valence-corrected chi connectivity index (χ2v) is 4.00. The minimum atomic E-state index is -2.04. The minimum absolute atomic E-state index is 0.0402. The lowest BCUT2D eigenvalue weighted by molar-refractivity contribution is -0.103. The van der Waals surface area contributed by atoms with Crippen molar-refractivity contribution in [2.24, 2.45) is 7.05 Å². The molecule has 0 saturated carbocycles. The normalized spacial score (nSPS) is 11.6. The molecule has 0 unspecified atom stereocenters. The molecule has 0 fully saturated rings. The third kappa shape index (κ3) is 1.75. The maximum Gasteiger partial charge on any atom is 0.336 e. The van der Waals surface area contributed by atoms with Gasteiger partial charge in [0.15, 0.2) is 5.65 Å². The summed E-state index contributed by atoms with van der Waals surface area (Å²) in [6, 6.07) is 0. The molecule has 0 aliphatic rings. The molecule has 8 heteroatoms. The van der Waals surface area contributed by atoms with Gasteiger partial charge in [0, 0.05) is 13.5 Å². The van der Waals surface area contributed by atoms with Crippen molar-refractivity contribution in [3.63, 3.8) is 0 Å². The third-order valence-electron chi connectivity index (χ3n) is 2.69. The highest BCUT2D eigenvalue weighted by atomic mass is 16.5. The second kappa shape index (κ2) is 4.39. The first-order valence-electron chi connectivity index (χ1n) is 5.53. The molecular weight excluding hydrogens is 240 g/mol. The van der Waals surface area contributed by atoms with Crippen LogP contribution >= 0.6 is 0 Å². The number of hydrogen-bond acceptors (Lipinski definition) is 5. The lowest BCUT2D eigenvalue weighted by Crippen LogP contribution is -2.39. The predicted octanol–water partition coefficient (Wildman–Crippen LogP) is -1.18. The molecule has 0 amide bonds. The number of H-pyrrole nitrogens is 1. The van der Waals surface area contributed by atoms with Gasteiger partial charge in [-0.05, 0) is 6.42 Å². The number of aromatic amines is 1. The molecule has 0 aliphatic heterocycles. The number of nitrogens with one attached hydrogen (secondary N) is 1. The summed E-state index contributed by atoms with van der Waals surface area (Å²) in [6.45, 7) is 1.94. The molecule has 2 rings (SSSR count). The van der Waals surface area contributed by atoms with Gasteiger partial charge in [-0.2, -0.15) is 0 Å². The maximum absolute atomic E-state index is 11.9. The summed E-state index contributed by atoms with van der Waals surface area (Å²) in [7, 11) is 1.27. The first-order chi connectivity index (χ1) is 8.47. The Balaban J connectivity index is 2.89. The summed E-state index contributed by atoms with van der Waals surface area (Å²) in [5.41, 5.74) is -1.31. The summed E-state index contributed by atoms with van der Waals surface area (Å²) < 4.78 is 1.46. The van der Waals surface area contributed by atoms with Crippen LogP contribution in [0.25, 0.3) is 11.2 Å². The van der Waals surface area contributed by atoms with Gasteiger partial charge in [-0.1, -0.05) is 6.92 Å². The fourth-order valence-corrected chi connectivity index (χ4v) is 1.81. The average molecular weight is 254 g/mol. The maximum atomic E-state index is 11.9. The Kier molecular flexibility index (Phi) is 3.05. The van der Waals surface area contributed by atoms with Crippen LogP contribution in [0.2, 0.25) is 0 Å². The van der Waals surface area contributed by atoms with E-state index in [1.54, 1.807) is 0 Å². The van der Waals surface area contributed by atoms with E-state index >= 15 is 0 Å². The fraction of sp³-hybridized carbons (Fsp3) is 0.500. The summed E-state index contributed by atoms with van der Waals surface area (Å²) >= 11 is 0. The molecule has 0 spiro atoms. The Bertz CT molecular complexity index is 694. The summed E-state index contributed by atoms with van der Waals surface area (Å²) in [4.78, 5) is 30.5. The van der Waals surface area contributed by atoms with Gasteiger partial charge in [-0.25, -0.2) is 14.3 Å². The van der Waals surface area contributed by atoms with Crippen LogP contribution in [0, 0.1) is 0 Å². The van der Waals surface area contributed by atoms with Crippen molar-refractivity contribution in [1.82, 2.24) is 19.1 Å². The Morgan fingerprint density at radius 2 is 2.06 bits per heavy atom. The van der Waals surface area contributed by atoms with Crippen LogP contribution < -0.4 is 11.2 Å². The minimum Gasteiger partial charge on any atom is -0.351 e. The van der Waals surface area contributed by atoms with E-state index in [1.165, 1.54) is 7.05 Å². The van der Waals surface area contributed by atoms with E-state index in [2.05, 4.69) is 9.97 Å². The molecule has 3 N–H and O–H groups in total. The number of nitrogens with zero attached hydrogens (tertiary/aromatic N) is 3. The molecule has 2 aromatic heterocycles. The van der Waals surface area contributed by atoms with Crippen molar-refractivity contribution < 1.29 is 10.2 Å². The number of aromatic nitrogens is 4. The van der Waals surface area contributed by atoms with Gasteiger partial charge >= 0.3 is 5.69 Å². The van der Waals surface area contributed by atoms with Gasteiger partial charge in [0.1, 0.15) is 11.3 Å². The zero-order chi connectivity index (χ0) is 13.4. The van der Waals surface area contributed by atoms with Crippen molar-refractivity contribution in [3.05, 3.63) is 26.7 Å². The zero-order valence-corrected chi connectivity index (χ0v) is 10.0. The van der Waals surface area contributed by atoms with Crippen molar-refractivity contribution >= 4 is 11.2 Å². The molecule has 0 aliphatic carbocycles. The van der Waals surface area contributed by atoms with E-state index in [9.17, 15) is 19.8 Å². The van der Waals surface area contributed by atoms with Crippen molar-refractivity contribution in [2.45, 2.75) is 26.2 Å². The molecule has 2 heterocycles. The molecule has 98 valence electrons. The predicted molar refractivity (Wildman–Crippen MR) is 63.1 cm³/mol. The van der Waals surface area contributed by atoms with E-state index in [1.807, 2.05) is 6.92 Å². The number of aryl methyl sites for hydroxylation is 1. The van der Waals surface area contributed by atoms with Gasteiger partial charge in [0.2, 0.25) is 6.41 Å². The Hall–Kier alpha value is -1.93. The van der Waals surface area contributed by atoms with E-state index in [0.29, 0.717) is 16.8 Å². The first kappa shape index (κ1) is 12.5. The van der Waals surface area contributed by atoms with E-state index in [0.717, 1.165) is 11.0 Å². The molecule has 2 aromatic rings. The second-order valence-electron chi connectivity index (χ2n) is 4.00. The number of rotatable bonds is 3. The number of fused-ring (bicyclic) bond motifs is 1. The number of hydrogen-bond donors (Lipinski definition) is 3. The van der Waals surface area contributed by atoms with E-state index in [-0.39, 0.29) is 11.2 Å². The highest BCUT2D eigenvalue weighted by Crippen LogP contribution is 2.09. The topological polar surface area (TPSA) is 113 Å². The van der Waals surface area contributed by atoms with Crippen molar-refractivity contribution in [3.8, 4) is 0 Å². The van der Waals surface area contributed by atoms with Crippen LogP contribution in [-0.2, 0) is 13.5 Å². The van der Waals surface area contributed by atoms with Gasteiger partial charge in [0.25, 0.3) is 5.56 Å². The Morgan fingerprint density at radius 3 is 2.61 bits per heavy atom. The molecule has 0 saturated heterocycles. The van der Waals surface area contributed by atoms with Crippen LogP contribution in [0.15, 0.2) is 9.59 Å². The van der Waals surface area contributed by atoms with Crippen molar-refractivity contribution in [2.75, 3.05) is 0 Å². The molecule has 18 heavy (non-hydrogen) atoms. The SMILES string of the molecule is CCCc1nc2c([nH]1)c(=O)n(C)c(=O)n2C(O)O. The van der Waals surface area contributed by atoms with E-state index in [4.69, 9.17) is 0 Å². The molecule has 0 aromatic carbocycles. The summed E-state index contributed by atoms with van der Waals surface area (Å²) in [5, 5.41) is 18.4. The van der Waals surface area contributed by atoms with Crippen LogP contribution in [0.3, 0.4) is 0 Å². The molecular formula is C10H14N4O4. The van der Waals surface area contributed by atoms with E-state index < -0.39 is 17.7 Å². The highest BCUT2D eigenvalue weighted by Gasteiger charge is 2.18. The monoisotopic (exact) mass is 254 g/mol. The summed E-state index contributed by atoms with van der Waals surface area (Å²) in [6.07, 6.45) is -0.621. The van der Waals surface area contributed by atoms with Gasteiger partial charge in [-0.3, -0.25) is 9.36 Å². The smallest absolute Gasteiger partial charge is 0.336 e. The quantitative estimate of drug-likeness (QED) is 0.596. The zero-order valence-electron chi connectivity index (χ0n) is 10.0. The van der Waals surface area contributed by atoms with Crippen LogP contribution in [0.5, 0.6) is 0 Å². The Morgan fingerprint density at radius 1 is 1.39 bits per heavy atom. The lowest BCUT2D eigenvalue weighted by atomic mass is 10.3. The van der Waals surface area contributed by atoms with Crippen molar-refractivity contribution in [1.29, 1.82) is 0 Å². The molecule has 0 atom stereocenters. The molecule has 8 nitrogen and oxygen atoms in total. The lowest BCUT2D eigenvalue weighted by Gasteiger charge is -2.09. The largest absolute Gasteiger partial charge is 0.351 e. The van der Waals surface area contributed by atoms with Gasteiger partial charge in [0.05, 0.1) is 0 Å². The highest BCUT2D eigenvalue weighted by molar-refractivity contribution is 5.69.